The van der Waals surface area contributed by atoms with Gasteiger partial charge in [-0.3, -0.25) is 4.90 Å². The Balaban J connectivity index is 0.000000239. The van der Waals surface area contributed by atoms with Gasteiger partial charge in [-0.25, -0.2) is 4.79 Å². The lowest BCUT2D eigenvalue weighted by molar-refractivity contribution is -0.138. The van der Waals surface area contributed by atoms with E-state index in [-0.39, 0.29) is 18.9 Å². The fraction of sp³-hybridized carbons (Fsp3) is 0.320. The Morgan fingerprint density at radius 1 is 0.756 bits per heavy atom. The van der Waals surface area contributed by atoms with Crippen molar-refractivity contribution in [3.8, 4) is 22.8 Å². The van der Waals surface area contributed by atoms with Crippen molar-refractivity contribution in [2.24, 2.45) is 5.73 Å². The number of carbonyl (C=O) groups is 1. The van der Waals surface area contributed by atoms with Crippen LogP contribution < -0.4 is 5.73 Å². The maximum Gasteiger partial charge on any atom is 0.416 e. The first-order valence-corrected chi connectivity index (χ1v) is 11.9. The summed E-state index contributed by atoms with van der Waals surface area (Å²) in [5, 5.41) is 24.5. The number of rotatable bonds is 5. The van der Waals surface area contributed by atoms with Gasteiger partial charge < -0.3 is 20.8 Å². The van der Waals surface area contributed by atoms with E-state index in [1.807, 2.05) is 0 Å². The molecule has 10 nitrogen and oxygen atoms in total. The second-order valence-corrected chi connectivity index (χ2v) is 9.63. The fourth-order valence-corrected chi connectivity index (χ4v) is 3.39. The minimum absolute atomic E-state index is 0.00747. The van der Waals surface area contributed by atoms with Crippen molar-refractivity contribution >= 4 is 6.09 Å². The monoisotopic (exact) mass is 584 g/mol. The highest BCUT2D eigenvalue weighted by atomic mass is 19.4. The van der Waals surface area contributed by atoms with Gasteiger partial charge in [0.15, 0.2) is 17.5 Å². The van der Waals surface area contributed by atoms with E-state index in [1.54, 1.807) is 20.8 Å². The molecule has 5 N–H and O–H groups in total. The molecule has 2 aromatic heterocycles. The summed E-state index contributed by atoms with van der Waals surface area (Å²) in [5.74, 6) is 1.47. The lowest BCUT2D eigenvalue weighted by atomic mass is 10.1. The van der Waals surface area contributed by atoms with Gasteiger partial charge in [-0.2, -0.15) is 26.3 Å². The summed E-state index contributed by atoms with van der Waals surface area (Å²) in [6.07, 6.45) is -9.84. The van der Waals surface area contributed by atoms with Crippen LogP contribution in [-0.4, -0.2) is 52.0 Å². The molecule has 0 spiro atoms. The van der Waals surface area contributed by atoms with Crippen LogP contribution in [0.2, 0.25) is 0 Å². The van der Waals surface area contributed by atoms with Crippen LogP contribution in [0.1, 0.15) is 43.5 Å². The molecular formula is C25H26F6N8O2. The third-order valence-electron chi connectivity index (χ3n) is 5.58. The average Bonchev–Trinajstić information content (AvgIpc) is 3.56. The van der Waals surface area contributed by atoms with E-state index in [9.17, 15) is 36.2 Å². The SMILES string of the molecule is CC(C)(C)N(Cc1nnc(-c2ccc(C(F)(F)F)cc2)[nH]1)C(=O)O.NCc1nnc(-c2ccc(C(F)(F)F)cc2)[nH]1. The van der Waals surface area contributed by atoms with Crippen molar-refractivity contribution in [1.29, 1.82) is 0 Å². The van der Waals surface area contributed by atoms with Crippen molar-refractivity contribution in [3.05, 3.63) is 71.3 Å². The Labute approximate surface area is 229 Å². The van der Waals surface area contributed by atoms with Crippen LogP contribution >= 0.6 is 0 Å². The molecule has 2 aromatic carbocycles. The molecule has 0 radical (unpaired) electrons. The molecule has 0 atom stereocenters. The normalized spacial score (nSPS) is 12.0. The first-order valence-electron chi connectivity index (χ1n) is 11.9. The predicted molar refractivity (Wildman–Crippen MR) is 135 cm³/mol. The number of alkyl halides is 6. The van der Waals surface area contributed by atoms with E-state index in [0.717, 1.165) is 24.3 Å². The zero-order chi connectivity index (χ0) is 30.6. The van der Waals surface area contributed by atoms with Crippen LogP contribution in [0.4, 0.5) is 31.1 Å². The summed E-state index contributed by atoms with van der Waals surface area (Å²) in [6.45, 7) is 5.43. The Bertz CT molecular complexity index is 1440. The smallest absolute Gasteiger partial charge is 0.416 e. The molecule has 0 saturated heterocycles. The highest BCUT2D eigenvalue weighted by Crippen LogP contribution is 2.31. The molecule has 4 aromatic rings. The molecule has 1 amide bonds. The van der Waals surface area contributed by atoms with Crippen LogP contribution in [0.25, 0.3) is 22.8 Å². The van der Waals surface area contributed by atoms with Gasteiger partial charge in [-0.1, -0.05) is 24.3 Å². The summed E-state index contributed by atoms with van der Waals surface area (Å²) < 4.78 is 74.7. The maximum absolute atomic E-state index is 12.6. The number of aromatic amines is 2. The van der Waals surface area contributed by atoms with Crippen LogP contribution in [0.3, 0.4) is 0 Å². The molecule has 0 aliphatic rings. The lowest BCUT2D eigenvalue weighted by Crippen LogP contribution is -2.44. The van der Waals surface area contributed by atoms with E-state index < -0.39 is 35.1 Å². The van der Waals surface area contributed by atoms with Gasteiger partial charge in [0.05, 0.1) is 24.2 Å². The molecule has 0 bridgehead atoms. The van der Waals surface area contributed by atoms with Gasteiger partial charge in [0.1, 0.15) is 5.82 Å². The lowest BCUT2D eigenvalue weighted by Gasteiger charge is -2.32. The van der Waals surface area contributed by atoms with Crippen LogP contribution in [0.5, 0.6) is 0 Å². The number of H-pyrrole nitrogens is 2. The molecule has 16 heteroatoms. The molecule has 41 heavy (non-hydrogen) atoms. The number of hydrogen-bond donors (Lipinski definition) is 4. The second-order valence-electron chi connectivity index (χ2n) is 9.63. The van der Waals surface area contributed by atoms with E-state index in [0.29, 0.717) is 28.6 Å². The molecule has 0 aliphatic heterocycles. The van der Waals surface area contributed by atoms with Gasteiger partial charge in [0.25, 0.3) is 0 Å². The molecule has 0 aliphatic carbocycles. The number of halogens is 6. The number of aromatic nitrogens is 6. The molecule has 220 valence electrons. The third kappa shape index (κ3) is 8.26. The molecular weight excluding hydrogens is 558 g/mol. The van der Waals surface area contributed by atoms with Crippen molar-refractivity contribution in [2.75, 3.05) is 0 Å². The van der Waals surface area contributed by atoms with Gasteiger partial charge in [0.2, 0.25) is 0 Å². The van der Waals surface area contributed by atoms with E-state index in [1.165, 1.54) is 29.2 Å². The van der Waals surface area contributed by atoms with E-state index >= 15 is 0 Å². The zero-order valence-corrected chi connectivity index (χ0v) is 22.0. The third-order valence-corrected chi connectivity index (χ3v) is 5.58. The van der Waals surface area contributed by atoms with E-state index in [2.05, 4.69) is 30.4 Å². The number of nitrogens with two attached hydrogens (primary N) is 1. The topological polar surface area (TPSA) is 150 Å². The van der Waals surface area contributed by atoms with Crippen molar-refractivity contribution in [1.82, 2.24) is 35.3 Å². The Morgan fingerprint density at radius 3 is 1.46 bits per heavy atom. The number of amides is 1. The van der Waals surface area contributed by atoms with Crippen molar-refractivity contribution in [2.45, 2.75) is 51.8 Å². The van der Waals surface area contributed by atoms with Crippen molar-refractivity contribution in [3.63, 3.8) is 0 Å². The number of nitrogens with one attached hydrogen (secondary N) is 2. The van der Waals surface area contributed by atoms with Crippen LogP contribution in [0.15, 0.2) is 48.5 Å². The minimum atomic E-state index is -4.40. The zero-order valence-electron chi connectivity index (χ0n) is 22.0. The van der Waals surface area contributed by atoms with E-state index in [4.69, 9.17) is 5.73 Å². The quantitative estimate of drug-likeness (QED) is 0.219. The minimum Gasteiger partial charge on any atom is -0.465 e. The first-order chi connectivity index (χ1) is 19.0. The Kier molecular flexibility index (Phi) is 9.06. The summed E-state index contributed by atoms with van der Waals surface area (Å²) in [5.41, 5.74) is 4.22. The highest BCUT2D eigenvalue weighted by molar-refractivity contribution is 5.66. The largest absolute Gasteiger partial charge is 0.465 e. The van der Waals surface area contributed by atoms with Crippen molar-refractivity contribution < 1.29 is 36.2 Å². The number of nitrogens with zero attached hydrogens (tertiary/aromatic N) is 5. The number of hydrogen-bond acceptors (Lipinski definition) is 6. The second kappa shape index (κ2) is 12.0. The molecule has 2 heterocycles. The van der Waals surface area contributed by atoms with Crippen LogP contribution in [-0.2, 0) is 25.4 Å². The number of carboxylic acid groups (broad SMARTS) is 1. The molecule has 0 fully saturated rings. The Hall–Kier alpha value is -4.47. The molecule has 4 rings (SSSR count). The maximum atomic E-state index is 12.6. The van der Waals surface area contributed by atoms with Gasteiger partial charge in [-0.05, 0) is 45.0 Å². The Morgan fingerprint density at radius 2 is 1.15 bits per heavy atom. The number of benzene rings is 2. The highest BCUT2D eigenvalue weighted by Gasteiger charge is 2.31. The van der Waals surface area contributed by atoms with Gasteiger partial charge in [0, 0.05) is 16.7 Å². The summed E-state index contributed by atoms with van der Waals surface area (Å²) in [4.78, 5) is 18.1. The molecule has 0 unspecified atom stereocenters. The standard InChI is InChI=1S/C15H17F3N4O2.C10H9F3N4/c1-14(2,3)22(13(23)24)8-11-19-12(21-20-11)9-4-6-10(7-5-9)15(16,17)18;11-10(12,13)7-3-1-6(2-4-7)9-15-8(5-14)16-17-9/h4-7H,8H2,1-3H3,(H,23,24)(H,19,20,21);1-4H,5,14H2,(H,15,16,17). The van der Waals surface area contributed by atoms with Crippen LogP contribution in [0, 0.1) is 0 Å². The summed E-state index contributed by atoms with van der Waals surface area (Å²) in [6, 6.07) is 9.15. The molecule has 0 saturated carbocycles. The first kappa shape index (κ1) is 31.1. The summed E-state index contributed by atoms with van der Waals surface area (Å²) >= 11 is 0. The average molecular weight is 585 g/mol. The summed E-state index contributed by atoms with van der Waals surface area (Å²) in [7, 11) is 0. The van der Waals surface area contributed by atoms with Gasteiger partial charge >= 0.3 is 18.4 Å². The predicted octanol–water partition coefficient (Wildman–Crippen LogP) is 5.72. The van der Waals surface area contributed by atoms with Gasteiger partial charge in [-0.15, -0.1) is 20.4 Å². The fourth-order valence-electron chi connectivity index (χ4n) is 3.39.